The molecule has 0 saturated heterocycles. The molecule has 1 heterocycles. The Morgan fingerprint density at radius 3 is 2.46 bits per heavy atom. The zero-order valence-corrected chi connectivity index (χ0v) is 15.3. The topological polar surface area (TPSA) is 45.1 Å². The van der Waals surface area contributed by atoms with E-state index in [4.69, 9.17) is 9.84 Å². The zero-order valence-electron chi connectivity index (χ0n) is 15.3. The Hall–Kier alpha value is -2.66. The molecule has 0 fully saturated rings. The fourth-order valence-electron chi connectivity index (χ4n) is 3.16. The number of ether oxygens (including phenoxy) is 1. The predicted molar refractivity (Wildman–Crippen MR) is 104 cm³/mol. The summed E-state index contributed by atoms with van der Waals surface area (Å²) < 4.78 is 5.07. The summed E-state index contributed by atoms with van der Waals surface area (Å²) in [5.74, 6) is -0.0135. The Balaban J connectivity index is 1.82. The van der Waals surface area contributed by atoms with E-state index in [0.29, 0.717) is 25.3 Å². The highest BCUT2D eigenvalue weighted by atomic mass is 16.5. The fourth-order valence-corrected chi connectivity index (χ4v) is 3.16. The maximum atomic E-state index is 12.8. The number of methoxy groups -OCH3 is 1. The monoisotopic (exact) mass is 351 g/mol. The summed E-state index contributed by atoms with van der Waals surface area (Å²) in [5, 5.41) is 6.66. The summed E-state index contributed by atoms with van der Waals surface area (Å²) in [4.78, 5) is 14.6. The van der Waals surface area contributed by atoms with Gasteiger partial charge in [-0.25, -0.2) is 0 Å². The van der Waals surface area contributed by atoms with Crippen LogP contribution in [0.5, 0.6) is 0 Å². The lowest BCUT2D eigenvalue weighted by Gasteiger charge is -2.23. The van der Waals surface area contributed by atoms with Gasteiger partial charge in [0, 0.05) is 33.7 Å². The molecule has 0 saturated carbocycles. The summed E-state index contributed by atoms with van der Waals surface area (Å²) in [6.45, 7) is 1.31. The molecular formula is C21H25N3O2. The maximum absolute atomic E-state index is 12.8. The van der Waals surface area contributed by atoms with Gasteiger partial charge in [0.25, 0.3) is 5.91 Å². The molecular weight excluding hydrogens is 326 g/mol. The molecule has 1 aliphatic heterocycles. The Bertz CT molecular complexity index is 746. The van der Waals surface area contributed by atoms with Crippen LogP contribution in [0.25, 0.3) is 0 Å². The van der Waals surface area contributed by atoms with Gasteiger partial charge < -0.3 is 9.64 Å². The van der Waals surface area contributed by atoms with Crippen LogP contribution in [0, 0.1) is 0 Å². The highest BCUT2D eigenvalue weighted by Gasteiger charge is 2.33. The number of anilines is 1. The molecule has 136 valence electrons. The molecule has 1 atom stereocenters. The minimum atomic E-state index is -0.0135. The number of carbonyl (C=O) groups is 1. The summed E-state index contributed by atoms with van der Waals surface area (Å²) >= 11 is 0. The quantitative estimate of drug-likeness (QED) is 0.717. The first-order valence-electron chi connectivity index (χ1n) is 8.92. The average Bonchev–Trinajstić information content (AvgIpc) is 3.14. The molecule has 0 aromatic heterocycles. The lowest BCUT2D eigenvalue weighted by atomic mass is 10.0. The SMILES string of the molecule is COCCCN(C)C(=O)C1=NN(c2ccccc2)C(c2ccccc2)C1. The standard InChI is InChI=1S/C21H25N3O2/c1-23(14-9-15-26-2)21(25)19-16-20(17-10-5-3-6-11-17)24(22-19)18-12-7-4-8-13-18/h3-8,10-13,20H,9,14-16H2,1-2H3. The van der Waals surface area contributed by atoms with Crippen molar-refractivity contribution >= 4 is 17.3 Å². The van der Waals surface area contributed by atoms with Gasteiger partial charge in [0.2, 0.25) is 0 Å². The molecule has 0 bridgehead atoms. The number of rotatable bonds is 7. The third-order valence-electron chi connectivity index (χ3n) is 4.55. The van der Waals surface area contributed by atoms with E-state index >= 15 is 0 Å². The van der Waals surface area contributed by atoms with E-state index in [1.54, 1.807) is 12.0 Å². The van der Waals surface area contributed by atoms with Gasteiger partial charge in [0.1, 0.15) is 5.71 Å². The van der Waals surface area contributed by atoms with E-state index < -0.39 is 0 Å². The Kier molecular flexibility index (Phi) is 6.02. The highest BCUT2D eigenvalue weighted by Crippen LogP contribution is 2.35. The molecule has 26 heavy (non-hydrogen) atoms. The van der Waals surface area contributed by atoms with Crippen LogP contribution < -0.4 is 5.01 Å². The molecule has 1 aliphatic rings. The van der Waals surface area contributed by atoms with E-state index in [-0.39, 0.29) is 11.9 Å². The van der Waals surface area contributed by atoms with Gasteiger partial charge in [-0.15, -0.1) is 0 Å². The van der Waals surface area contributed by atoms with Crippen LogP contribution in [0.15, 0.2) is 65.8 Å². The van der Waals surface area contributed by atoms with Gasteiger partial charge in [0.15, 0.2) is 0 Å². The van der Waals surface area contributed by atoms with Gasteiger partial charge in [-0.3, -0.25) is 9.80 Å². The van der Waals surface area contributed by atoms with Crippen molar-refractivity contribution in [1.29, 1.82) is 0 Å². The summed E-state index contributed by atoms with van der Waals surface area (Å²) in [6.07, 6.45) is 1.42. The van der Waals surface area contributed by atoms with Gasteiger partial charge >= 0.3 is 0 Å². The third kappa shape index (κ3) is 4.11. The van der Waals surface area contributed by atoms with Crippen molar-refractivity contribution in [2.45, 2.75) is 18.9 Å². The van der Waals surface area contributed by atoms with E-state index in [9.17, 15) is 4.79 Å². The molecule has 0 N–H and O–H groups in total. The normalized spacial score (nSPS) is 16.5. The molecule has 1 amide bonds. The smallest absolute Gasteiger partial charge is 0.269 e. The zero-order chi connectivity index (χ0) is 18.4. The van der Waals surface area contributed by atoms with Gasteiger partial charge in [-0.05, 0) is 24.1 Å². The van der Waals surface area contributed by atoms with Crippen LogP contribution in [0.1, 0.15) is 24.4 Å². The summed E-state index contributed by atoms with van der Waals surface area (Å²) in [7, 11) is 3.49. The number of nitrogens with zero attached hydrogens (tertiary/aromatic N) is 3. The second kappa shape index (κ2) is 8.63. The van der Waals surface area contributed by atoms with Crippen molar-refractivity contribution < 1.29 is 9.53 Å². The van der Waals surface area contributed by atoms with Crippen LogP contribution >= 0.6 is 0 Å². The van der Waals surface area contributed by atoms with E-state index in [1.165, 1.54) is 0 Å². The van der Waals surface area contributed by atoms with Gasteiger partial charge in [-0.1, -0.05) is 48.5 Å². The van der Waals surface area contributed by atoms with Crippen molar-refractivity contribution in [1.82, 2.24) is 4.90 Å². The number of hydrazone groups is 1. The van der Waals surface area contributed by atoms with Gasteiger partial charge in [0.05, 0.1) is 11.7 Å². The molecule has 2 aromatic rings. The number of benzene rings is 2. The Labute approximate surface area is 154 Å². The van der Waals surface area contributed by atoms with Crippen molar-refractivity contribution in [2.75, 3.05) is 32.3 Å². The molecule has 0 aliphatic carbocycles. The van der Waals surface area contributed by atoms with E-state index in [2.05, 4.69) is 12.1 Å². The first-order valence-corrected chi connectivity index (χ1v) is 8.92. The van der Waals surface area contributed by atoms with Crippen molar-refractivity contribution in [3.05, 3.63) is 66.2 Å². The van der Waals surface area contributed by atoms with Crippen LogP contribution in [0.2, 0.25) is 0 Å². The molecule has 1 unspecified atom stereocenters. The largest absolute Gasteiger partial charge is 0.385 e. The number of carbonyl (C=O) groups excluding carboxylic acids is 1. The second-order valence-electron chi connectivity index (χ2n) is 6.43. The highest BCUT2D eigenvalue weighted by molar-refractivity contribution is 6.39. The summed E-state index contributed by atoms with van der Waals surface area (Å²) in [6, 6.07) is 20.3. The maximum Gasteiger partial charge on any atom is 0.269 e. The number of hydrogen-bond acceptors (Lipinski definition) is 4. The molecule has 2 aromatic carbocycles. The first kappa shape index (κ1) is 18.1. The molecule has 5 heteroatoms. The Morgan fingerprint density at radius 2 is 1.81 bits per heavy atom. The molecule has 3 rings (SSSR count). The predicted octanol–water partition coefficient (Wildman–Crippen LogP) is 3.49. The molecule has 0 spiro atoms. The average molecular weight is 351 g/mol. The van der Waals surface area contributed by atoms with Crippen LogP contribution in [-0.2, 0) is 9.53 Å². The number of hydrogen-bond donors (Lipinski definition) is 0. The van der Waals surface area contributed by atoms with Gasteiger partial charge in [-0.2, -0.15) is 5.10 Å². The van der Waals surface area contributed by atoms with E-state index in [0.717, 1.165) is 17.7 Å². The minimum absolute atomic E-state index is 0.0135. The van der Waals surface area contributed by atoms with Crippen LogP contribution in [0.3, 0.4) is 0 Å². The van der Waals surface area contributed by atoms with Crippen molar-refractivity contribution in [2.24, 2.45) is 5.10 Å². The molecule has 0 radical (unpaired) electrons. The summed E-state index contributed by atoms with van der Waals surface area (Å²) in [5.41, 5.74) is 2.75. The lowest BCUT2D eigenvalue weighted by Crippen LogP contribution is -2.33. The third-order valence-corrected chi connectivity index (χ3v) is 4.55. The fraction of sp³-hybridized carbons (Fsp3) is 0.333. The van der Waals surface area contributed by atoms with E-state index in [1.807, 2.05) is 60.6 Å². The number of para-hydroxylation sites is 1. The van der Waals surface area contributed by atoms with Crippen molar-refractivity contribution in [3.63, 3.8) is 0 Å². The second-order valence-corrected chi connectivity index (χ2v) is 6.43. The van der Waals surface area contributed by atoms with Crippen LogP contribution in [-0.4, -0.2) is 43.8 Å². The first-order chi connectivity index (χ1) is 12.7. The number of amides is 1. The van der Waals surface area contributed by atoms with Crippen molar-refractivity contribution in [3.8, 4) is 0 Å². The Morgan fingerprint density at radius 1 is 1.15 bits per heavy atom. The van der Waals surface area contributed by atoms with Crippen LogP contribution in [0.4, 0.5) is 5.69 Å². The molecule has 5 nitrogen and oxygen atoms in total. The minimum Gasteiger partial charge on any atom is -0.385 e. The lowest BCUT2D eigenvalue weighted by molar-refractivity contribution is -0.123.